The van der Waals surface area contributed by atoms with Gasteiger partial charge in [0.2, 0.25) is 0 Å². The summed E-state index contributed by atoms with van der Waals surface area (Å²) in [6.07, 6.45) is 15.5. The molecule has 0 atom stereocenters. The highest BCUT2D eigenvalue weighted by Gasteiger charge is 2.54. The van der Waals surface area contributed by atoms with Gasteiger partial charge in [-0.2, -0.15) is 0 Å². The summed E-state index contributed by atoms with van der Waals surface area (Å²) >= 11 is 0. The van der Waals surface area contributed by atoms with Crippen LogP contribution < -0.4 is 20.9 Å². The van der Waals surface area contributed by atoms with E-state index in [1.165, 1.54) is 138 Å². The normalized spacial score (nSPS) is 23.4. The summed E-state index contributed by atoms with van der Waals surface area (Å²) in [5, 5.41) is 0. The molecule has 12 rings (SSSR count). The molecular formula is C72H91BN2O. The Labute approximate surface area is 460 Å². The third-order valence-electron chi connectivity index (χ3n) is 21.3. The van der Waals surface area contributed by atoms with Crippen molar-refractivity contribution in [3.63, 3.8) is 0 Å². The standard InChI is InChI=1S/C72H91BN2O/c1-43-37-57-60-58(38-43)75(55-41-53-51(68(11,12)33-34-70(53,15)16)40-46(55)45-23-21-22-24-47(45)64(2,3)4)56-42-52-49(66(7,8)30-32-69(52,13)14)27-28-54(56)73(60)63-61(59-62(76-63)72(19,20)36-35-71(59,17)18)74(57)44-25-26-48-50(39-44)67(9,10)31-29-65(48,5)6/h21-27,37-42H,28-36H2,1-20H3. The van der Waals surface area contributed by atoms with Crippen molar-refractivity contribution in [1.82, 2.24) is 0 Å². The molecule has 0 N–H and O–H groups in total. The molecule has 398 valence electrons. The lowest BCUT2D eigenvalue weighted by molar-refractivity contribution is 0.259. The van der Waals surface area contributed by atoms with Crippen LogP contribution in [0.15, 0.2) is 106 Å². The summed E-state index contributed by atoms with van der Waals surface area (Å²) in [6, 6.07) is 27.5. The fourth-order valence-electron chi connectivity index (χ4n) is 15.9. The van der Waals surface area contributed by atoms with E-state index in [-0.39, 0.29) is 55.4 Å². The summed E-state index contributed by atoms with van der Waals surface area (Å²) in [7, 11) is 0. The van der Waals surface area contributed by atoms with Gasteiger partial charge in [-0.3, -0.25) is 0 Å². The van der Waals surface area contributed by atoms with Gasteiger partial charge >= 0.3 is 0 Å². The van der Waals surface area contributed by atoms with Crippen LogP contribution in [0.2, 0.25) is 0 Å². The second-order valence-corrected chi connectivity index (χ2v) is 31.6. The van der Waals surface area contributed by atoms with Crippen molar-refractivity contribution in [2.75, 3.05) is 9.80 Å². The minimum atomic E-state index is -0.117. The highest BCUT2D eigenvalue weighted by atomic mass is 16.3. The van der Waals surface area contributed by atoms with Crippen molar-refractivity contribution in [2.24, 2.45) is 10.8 Å². The first-order chi connectivity index (χ1) is 35.2. The van der Waals surface area contributed by atoms with Crippen LogP contribution in [0.5, 0.6) is 0 Å². The van der Waals surface area contributed by atoms with Crippen molar-refractivity contribution >= 4 is 46.3 Å². The molecule has 7 aliphatic rings. The summed E-state index contributed by atoms with van der Waals surface area (Å²) in [6.45, 7) is 49.4. The maximum absolute atomic E-state index is 7.96. The van der Waals surface area contributed by atoms with E-state index in [0.29, 0.717) is 0 Å². The fourth-order valence-corrected chi connectivity index (χ4v) is 15.9. The molecule has 1 saturated carbocycles. The first-order valence-electron chi connectivity index (χ1n) is 29.7. The zero-order chi connectivity index (χ0) is 54.6. The Hall–Kier alpha value is -4.96. The summed E-state index contributed by atoms with van der Waals surface area (Å²) in [5.74, 6) is 1.19. The molecule has 5 aliphatic carbocycles. The number of allylic oxidation sites excluding steroid dienone is 5. The van der Waals surface area contributed by atoms with Crippen molar-refractivity contribution < 1.29 is 4.42 Å². The van der Waals surface area contributed by atoms with E-state index in [0.717, 1.165) is 37.8 Å². The van der Waals surface area contributed by atoms with Crippen molar-refractivity contribution in [3.8, 4) is 11.1 Å². The molecule has 1 fully saturated rings. The first kappa shape index (κ1) is 51.8. The molecule has 3 heterocycles. The van der Waals surface area contributed by atoms with Crippen LogP contribution >= 0.6 is 0 Å². The van der Waals surface area contributed by atoms with Gasteiger partial charge in [-0.25, -0.2) is 0 Å². The fraction of sp³-hybridized carbons (Fsp3) is 0.528. The third kappa shape index (κ3) is 7.53. The minimum Gasteiger partial charge on any atom is -0.472 e. The average molecular weight is 1010 g/mol. The van der Waals surface area contributed by atoms with E-state index >= 15 is 0 Å². The maximum atomic E-state index is 7.96. The molecule has 0 unspecified atom stereocenters. The van der Waals surface area contributed by atoms with Gasteiger partial charge in [0.15, 0.2) is 0 Å². The van der Waals surface area contributed by atoms with E-state index in [4.69, 9.17) is 4.42 Å². The third-order valence-corrected chi connectivity index (χ3v) is 21.3. The molecule has 1 aromatic heterocycles. The summed E-state index contributed by atoms with van der Waals surface area (Å²) in [4.78, 5) is 5.56. The van der Waals surface area contributed by atoms with Gasteiger partial charge < -0.3 is 14.2 Å². The number of hydrogen-bond donors (Lipinski definition) is 0. The lowest BCUT2D eigenvalue weighted by atomic mass is 9.34. The molecule has 3 nitrogen and oxygen atoms in total. The quantitative estimate of drug-likeness (QED) is 0.168. The van der Waals surface area contributed by atoms with E-state index in [1.807, 2.05) is 0 Å². The molecule has 0 radical (unpaired) electrons. The molecule has 0 saturated heterocycles. The molecule has 5 aromatic rings. The SMILES string of the molecule is Cc1cc2c3c(c1)N(c1ccc4c(c1)C(C)(C)CCC4(C)C)c1c(oc4c1C(C)(C)CCC4(C)C)B3C1=C(C=C3C(=CC1)C(C)(C)CCC3(C)C)N2c1cc2c(cc1-c1ccccc1C(C)(C)C)C(C)(C)CCC2(C)C. The molecule has 4 heteroatoms. The highest BCUT2D eigenvalue weighted by Crippen LogP contribution is 2.60. The average Bonchev–Trinajstić information content (AvgIpc) is 3.80. The molecular weight excluding hydrogens is 920 g/mol. The smallest absolute Gasteiger partial charge is 0.293 e. The van der Waals surface area contributed by atoms with Crippen LogP contribution in [0.4, 0.5) is 28.4 Å². The number of nitrogens with zero attached hydrogens (tertiary/aromatic N) is 2. The summed E-state index contributed by atoms with van der Waals surface area (Å²) < 4.78 is 7.96. The molecule has 0 spiro atoms. The largest absolute Gasteiger partial charge is 0.472 e. The van der Waals surface area contributed by atoms with Crippen LogP contribution in [0.25, 0.3) is 11.1 Å². The zero-order valence-electron chi connectivity index (χ0n) is 50.7. The number of aryl methyl sites for hydroxylation is 1. The molecule has 4 aromatic carbocycles. The van der Waals surface area contributed by atoms with Gasteiger partial charge in [0.1, 0.15) is 5.76 Å². The van der Waals surface area contributed by atoms with Crippen LogP contribution in [0.3, 0.4) is 0 Å². The number of benzene rings is 4. The maximum Gasteiger partial charge on any atom is 0.293 e. The first-order valence-corrected chi connectivity index (χ1v) is 29.7. The van der Waals surface area contributed by atoms with Crippen molar-refractivity contribution in [1.29, 1.82) is 0 Å². The number of anilines is 5. The number of rotatable bonds is 3. The monoisotopic (exact) mass is 1010 g/mol. The predicted molar refractivity (Wildman–Crippen MR) is 326 cm³/mol. The van der Waals surface area contributed by atoms with Crippen molar-refractivity contribution in [2.45, 2.75) is 234 Å². The van der Waals surface area contributed by atoms with E-state index in [9.17, 15) is 0 Å². The van der Waals surface area contributed by atoms with E-state index in [1.54, 1.807) is 0 Å². The Morgan fingerprint density at radius 3 is 1.66 bits per heavy atom. The number of furan rings is 1. The Morgan fingerprint density at radius 1 is 0.500 bits per heavy atom. The predicted octanol–water partition coefficient (Wildman–Crippen LogP) is 19.0. The minimum absolute atomic E-state index is 0.00180. The second-order valence-electron chi connectivity index (χ2n) is 31.6. The zero-order valence-corrected chi connectivity index (χ0v) is 50.7. The lowest BCUT2D eigenvalue weighted by Crippen LogP contribution is -2.56. The van der Waals surface area contributed by atoms with Gasteiger partial charge in [0.25, 0.3) is 6.71 Å². The number of hydrogen-bond acceptors (Lipinski definition) is 3. The molecule has 0 amide bonds. The van der Waals surface area contributed by atoms with Crippen LogP contribution in [0, 0.1) is 17.8 Å². The van der Waals surface area contributed by atoms with Gasteiger partial charge in [-0.15, -0.1) is 0 Å². The lowest BCUT2D eigenvalue weighted by Gasteiger charge is -2.47. The summed E-state index contributed by atoms with van der Waals surface area (Å²) in [5.41, 5.74) is 27.5. The Balaban J connectivity index is 1.26. The van der Waals surface area contributed by atoms with Crippen molar-refractivity contribution in [3.05, 3.63) is 146 Å². The highest BCUT2D eigenvalue weighted by molar-refractivity contribution is 6.94. The Kier molecular flexibility index (Phi) is 11.0. The van der Waals surface area contributed by atoms with Crippen LogP contribution in [-0.2, 0) is 37.9 Å². The van der Waals surface area contributed by atoms with Gasteiger partial charge in [-0.1, -0.05) is 173 Å². The molecule has 2 aliphatic heterocycles. The Bertz CT molecular complexity index is 3410. The molecule has 0 bridgehead atoms. The number of fused-ring (bicyclic) bond motifs is 8. The molecule has 76 heavy (non-hydrogen) atoms. The van der Waals surface area contributed by atoms with Crippen LogP contribution in [-0.4, -0.2) is 6.71 Å². The second kappa shape index (κ2) is 16.1. The van der Waals surface area contributed by atoms with Gasteiger partial charge in [0, 0.05) is 39.3 Å². The topological polar surface area (TPSA) is 19.6 Å². The van der Waals surface area contributed by atoms with E-state index in [2.05, 4.69) is 227 Å². The van der Waals surface area contributed by atoms with Gasteiger partial charge in [0.05, 0.1) is 17.0 Å². The van der Waals surface area contributed by atoms with Crippen LogP contribution in [0.1, 0.15) is 234 Å². The van der Waals surface area contributed by atoms with Gasteiger partial charge in [-0.05, 0) is 206 Å². The van der Waals surface area contributed by atoms with E-state index < -0.39 is 0 Å². The Morgan fingerprint density at radius 2 is 1.03 bits per heavy atom.